The largest absolute Gasteiger partial charge is 0.350 e. The smallest absolute Gasteiger partial charge is 0.316 e. The number of pyridine rings is 1. The van der Waals surface area contributed by atoms with Crippen LogP contribution in [0.5, 0.6) is 0 Å². The molecule has 0 saturated heterocycles. The standard InChI is InChI=1S/C19H19N3O4/c1-13-17(18(26-20-13)19(24)21(2)25-3)15-9-10-16(23)22(12-15)11-14-7-5-4-6-8-14/h4-10,12H,11H2,1-3H3. The van der Waals surface area contributed by atoms with Crippen molar-refractivity contribution in [2.75, 3.05) is 14.2 Å². The first kappa shape index (κ1) is 17.6. The van der Waals surface area contributed by atoms with Crippen LogP contribution in [0.3, 0.4) is 0 Å². The third kappa shape index (κ3) is 3.43. The average Bonchev–Trinajstić information content (AvgIpc) is 3.04. The molecular weight excluding hydrogens is 334 g/mol. The molecule has 0 N–H and O–H groups in total. The van der Waals surface area contributed by atoms with E-state index in [9.17, 15) is 9.59 Å². The summed E-state index contributed by atoms with van der Waals surface area (Å²) in [7, 11) is 2.88. The molecule has 0 fully saturated rings. The Balaban J connectivity index is 2.03. The Labute approximate surface area is 150 Å². The number of hydrogen-bond donors (Lipinski definition) is 0. The molecule has 26 heavy (non-hydrogen) atoms. The molecule has 1 aromatic carbocycles. The summed E-state index contributed by atoms with van der Waals surface area (Å²) in [4.78, 5) is 29.6. The summed E-state index contributed by atoms with van der Waals surface area (Å²) >= 11 is 0. The van der Waals surface area contributed by atoms with E-state index in [2.05, 4.69) is 5.16 Å². The van der Waals surface area contributed by atoms with Crippen molar-refractivity contribution in [1.82, 2.24) is 14.8 Å². The van der Waals surface area contributed by atoms with Crippen molar-refractivity contribution in [3.8, 4) is 11.1 Å². The summed E-state index contributed by atoms with van der Waals surface area (Å²) in [6.07, 6.45) is 1.71. The molecule has 0 aliphatic rings. The Hall–Kier alpha value is -3.19. The van der Waals surface area contributed by atoms with Gasteiger partial charge in [-0.05, 0) is 18.6 Å². The lowest BCUT2D eigenvalue weighted by molar-refractivity contribution is -0.0776. The first-order valence-electron chi connectivity index (χ1n) is 8.04. The van der Waals surface area contributed by atoms with Crippen LogP contribution < -0.4 is 5.56 Å². The number of aromatic nitrogens is 2. The van der Waals surface area contributed by atoms with Gasteiger partial charge < -0.3 is 9.09 Å². The summed E-state index contributed by atoms with van der Waals surface area (Å²) in [5.74, 6) is -0.388. The molecule has 3 aromatic rings. The molecule has 134 valence electrons. The van der Waals surface area contributed by atoms with Gasteiger partial charge in [0.15, 0.2) is 0 Å². The minimum Gasteiger partial charge on any atom is -0.350 e. The van der Waals surface area contributed by atoms with Crippen LogP contribution in [0.2, 0.25) is 0 Å². The molecule has 2 heterocycles. The second-order valence-corrected chi connectivity index (χ2v) is 5.83. The van der Waals surface area contributed by atoms with E-state index in [0.717, 1.165) is 10.6 Å². The van der Waals surface area contributed by atoms with Crippen molar-refractivity contribution in [3.05, 3.63) is 76.0 Å². The number of rotatable bonds is 5. The molecule has 0 aliphatic carbocycles. The Morgan fingerprint density at radius 1 is 1.23 bits per heavy atom. The van der Waals surface area contributed by atoms with Crippen LogP contribution in [-0.2, 0) is 11.4 Å². The Morgan fingerprint density at radius 3 is 2.65 bits per heavy atom. The van der Waals surface area contributed by atoms with Gasteiger partial charge in [0, 0.05) is 24.9 Å². The highest BCUT2D eigenvalue weighted by Gasteiger charge is 2.25. The number of benzene rings is 1. The van der Waals surface area contributed by atoms with Crippen molar-refractivity contribution in [1.29, 1.82) is 0 Å². The molecule has 2 aromatic heterocycles. The fourth-order valence-corrected chi connectivity index (χ4v) is 2.66. The predicted molar refractivity (Wildman–Crippen MR) is 95.6 cm³/mol. The summed E-state index contributed by atoms with van der Waals surface area (Å²) in [5.41, 5.74) is 2.65. The molecule has 1 amide bonds. The molecule has 0 saturated carbocycles. The van der Waals surface area contributed by atoms with Crippen LogP contribution in [0.25, 0.3) is 11.1 Å². The van der Waals surface area contributed by atoms with Gasteiger partial charge in [0.05, 0.1) is 24.9 Å². The van der Waals surface area contributed by atoms with Crippen molar-refractivity contribution in [2.24, 2.45) is 0 Å². The van der Waals surface area contributed by atoms with Gasteiger partial charge in [0.2, 0.25) is 5.76 Å². The number of hydrogen-bond acceptors (Lipinski definition) is 5. The molecule has 0 aliphatic heterocycles. The van der Waals surface area contributed by atoms with Gasteiger partial charge in [-0.1, -0.05) is 35.5 Å². The van der Waals surface area contributed by atoms with Gasteiger partial charge in [-0.2, -0.15) is 0 Å². The first-order valence-corrected chi connectivity index (χ1v) is 8.04. The number of nitrogens with zero attached hydrogens (tertiary/aromatic N) is 3. The normalized spacial score (nSPS) is 10.7. The molecule has 0 atom stereocenters. The summed E-state index contributed by atoms with van der Waals surface area (Å²) in [6, 6.07) is 12.8. The first-order chi connectivity index (χ1) is 12.5. The van der Waals surface area contributed by atoms with E-state index in [0.29, 0.717) is 23.4 Å². The SMILES string of the molecule is CON(C)C(=O)c1onc(C)c1-c1ccc(=O)n(Cc2ccccc2)c1. The van der Waals surface area contributed by atoms with Crippen molar-refractivity contribution >= 4 is 5.91 Å². The molecule has 0 bridgehead atoms. The number of hydroxylamine groups is 2. The monoisotopic (exact) mass is 353 g/mol. The zero-order valence-electron chi connectivity index (χ0n) is 14.8. The minimum atomic E-state index is -0.455. The second-order valence-electron chi connectivity index (χ2n) is 5.83. The zero-order valence-corrected chi connectivity index (χ0v) is 14.8. The van der Waals surface area contributed by atoms with Gasteiger partial charge in [-0.3, -0.25) is 14.4 Å². The number of carbonyl (C=O) groups is 1. The van der Waals surface area contributed by atoms with Crippen molar-refractivity contribution in [3.63, 3.8) is 0 Å². The summed E-state index contributed by atoms with van der Waals surface area (Å²) in [5, 5.41) is 4.96. The Bertz CT molecular complexity index is 976. The van der Waals surface area contributed by atoms with Crippen LogP contribution in [0.1, 0.15) is 21.8 Å². The molecule has 0 unspecified atom stereocenters. The zero-order chi connectivity index (χ0) is 18.7. The lowest BCUT2D eigenvalue weighted by atomic mass is 10.1. The highest BCUT2D eigenvalue weighted by atomic mass is 16.7. The molecule has 3 rings (SSSR count). The van der Waals surface area contributed by atoms with Crippen molar-refractivity contribution in [2.45, 2.75) is 13.5 Å². The molecule has 0 spiro atoms. The van der Waals surface area contributed by atoms with Crippen LogP contribution in [0, 0.1) is 6.92 Å². The van der Waals surface area contributed by atoms with E-state index in [1.165, 1.54) is 20.2 Å². The van der Waals surface area contributed by atoms with E-state index >= 15 is 0 Å². The summed E-state index contributed by atoms with van der Waals surface area (Å²) < 4.78 is 6.80. The maximum Gasteiger partial charge on any atom is 0.316 e. The van der Waals surface area contributed by atoms with Crippen LogP contribution in [0.15, 0.2) is 58.0 Å². The third-order valence-corrected chi connectivity index (χ3v) is 4.08. The maximum absolute atomic E-state index is 12.4. The Morgan fingerprint density at radius 2 is 1.96 bits per heavy atom. The predicted octanol–water partition coefficient (Wildman–Crippen LogP) is 2.49. The highest BCUT2D eigenvalue weighted by Crippen LogP contribution is 2.27. The fourth-order valence-electron chi connectivity index (χ4n) is 2.66. The van der Waals surface area contributed by atoms with Gasteiger partial charge in [-0.15, -0.1) is 0 Å². The van der Waals surface area contributed by atoms with Crippen LogP contribution in [-0.4, -0.2) is 34.9 Å². The molecular formula is C19H19N3O4. The number of amides is 1. The lowest BCUT2D eigenvalue weighted by Gasteiger charge is -2.13. The van der Waals surface area contributed by atoms with E-state index in [4.69, 9.17) is 9.36 Å². The average molecular weight is 353 g/mol. The van der Waals surface area contributed by atoms with Crippen LogP contribution >= 0.6 is 0 Å². The van der Waals surface area contributed by atoms with E-state index < -0.39 is 5.91 Å². The lowest BCUT2D eigenvalue weighted by Crippen LogP contribution is -2.25. The van der Waals surface area contributed by atoms with E-state index in [-0.39, 0.29) is 11.3 Å². The van der Waals surface area contributed by atoms with Gasteiger partial charge >= 0.3 is 5.91 Å². The number of aryl methyl sites for hydroxylation is 1. The van der Waals surface area contributed by atoms with E-state index in [1.54, 1.807) is 23.8 Å². The van der Waals surface area contributed by atoms with Gasteiger partial charge in [-0.25, -0.2) is 5.06 Å². The van der Waals surface area contributed by atoms with Gasteiger partial charge in [0.25, 0.3) is 5.56 Å². The van der Waals surface area contributed by atoms with Crippen LogP contribution in [0.4, 0.5) is 0 Å². The number of carbonyl (C=O) groups excluding carboxylic acids is 1. The van der Waals surface area contributed by atoms with Crippen molar-refractivity contribution < 1.29 is 14.2 Å². The Kier molecular flexibility index (Phi) is 4.99. The topological polar surface area (TPSA) is 77.6 Å². The highest BCUT2D eigenvalue weighted by molar-refractivity contribution is 5.97. The molecule has 7 nitrogen and oxygen atoms in total. The quantitative estimate of drug-likeness (QED) is 0.659. The summed E-state index contributed by atoms with van der Waals surface area (Å²) in [6.45, 7) is 2.17. The maximum atomic E-state index is 12.4. The molecule has 0 radical (unpaired) electrons. The molecule has 7 heteroatoms. The second kappa shape index (κ2) is 7.37. The fraction of sp³-hybridized carbons (Fsp3) is 0.211. The minimum absolute atomic E-state index is 0.0664. The van der Waals surface area contributed by atoms with E-state index in [1.807, 2.05) is 30.3 Å². The third-order valence-electron chi connectivity index (χ3n) is 4.08. The van der Waals surface area contributed by atoms with Gasteiger partial charge in [0.1, 0.15) is 0 Å².